The Bertz CT molecular complexity index is 184. The van der Waals surface area contributed by atoms with E-state index in [-0.39, 0.29) is 11.9 Å². The number of carbonyl (C=O) groups is 1. The lowest BCUT2D eigenvalue weighted by Gasteiger charge is -2.28. The van der Waals surface area contributed by atoms with E-state index in [4.69, 9.17) is 0 Å². The lowest BCUT2D eigenvalue weighted by Crippen LogP contribution is -2.46. The molecule has 0 bridgehead atoms. The average molecular weight is 198 g/mol. The molecule has 14 heavy (non-hydrogen) atoms. The maximum Gasteiger partial charge on any atom is 0.239 e. The second kappa shape index (κ2) is 5.35. The molecule has 0 aliphatic carbocycles. The summed E-state index contributed by atoms with van der Waals surface area (Å²) < 4.78 is 0. The molecule has 1 amide bonds. The average Bonchev–Trinajstić information content (AvgIpc) is 2.71. The number of likely N-dealkylation sites (N-methyl/N-ethyl adjacent to an activating group) is 1. The van der Waals surface area contributed by atoms with Crippen LogP contribution < -0.4 is 5.32 Å². The van der Waals surface area contributed by atoms with E-state index in [0.29, 0.717) is 6.04 Å². The molecule has 1 atom stereocenters. The lowest BCUT2D eigenvalue weighted by molar-refractivity contribution is -0.134. The summed E-state index contributed by atoms with van der Waals surface area (Å²) >= 11 is 0. The summed E-state index contributed by atoms with van der Waals surface area (Å²) in [7, 11) is 1.93. The van der Waals surface area contributed by atoms with Crippen molar-refractivity contribution in [3.8, 4) is 0 Å². The van der Waals surface area contributed by atoms with Crippen molar-refractivity contribution in [3.05, 3.63) is 0 Å². The summed E-state index contributed by atoms with van der Waals surface area (Å²) in [4.78, 5) is 13.9. The highest BCUT2D eigenvalue weighted by Gasteiger charge is 2.27. The molecule has 1 aliphatic rings. The number of hydrogen-bond acceptors (Lipinski definition) is 2. The van der Waals surface area contributed by atoms with E-state index in [1.165, 1.54) is 0 Å². The van der Waals surface area contributed by atoms with Gasteiger partial charge in [-0.1, -0.05) is 13.8 Å². The first-order chi connectivity index (χ1) is 6.70. The van der Waals surface area contributed by atoms with E-state index in [2.05, 4.69) is 19.2 Å². The van der Waals surface area contributed by atoms with E-state index in [9.17, 15) is 4.79 Å². The lowest BCUT2D eigenvalue weighted by atomic mass is 10.1. The van der Waals surface area contributed by atoms with Gasteiger partial charge in [0.15, 0.2) is 0 Å². The number of carbonyl (C=O) groups excluding carboxylic acids is 1. The van der Waals surface area contributed by atoms with Gasteiger partial charge in [0.05, 0.1) is 6.04 Å². The van der Waals surface area contributed by atoms with Crippen LogP contribution in [-0.4, -0.2) is 36.5 Å². The fourth-order valence-electron chi connectivity index (χ4n) is 2.16. The molecule has 1 fully saturated rings. The number of nitrogens with zero attached hydrogens (tertiary/aromatic N) is 1. The van der Waals surface area contributed by atoms with E-state index >= 15 is 0 Å². The maximum atomic E-state index is 12.0. The van der Waals surface area contributed by atoms with Gasteiger partial charge >= 0.3 is 0 Å². The van der Waals surface area contributed by atoms with Crippen LogP contribution >= 0.6 is 0 Å². The molecule has 0 aromatic heterocycles. The molecule has 1 rings (SSSR count). The van der Waals surface area contributed by atoms with Gasteiger partial charge in [-0.2, -0.15) is 0 Å². The van der Waals surface area contributed by atoms with Gasteiger partial charge in [0.2, 0.25) is 5.91 Å². The van der Waals surface area contributed by atoms with Crippen molar-refractivity contribution >= 4 is 5.91 Å². The Morgan fingerprint density at radius 1 is 1.50 bits per heavy atom. The SMILES string of the molecule is CCC(CC)N(C)C(=O)[C@H]1CCCN1. The highest BCUT2D eigenvalue weighted by atomic mass is 16.2. The molecular weight excluding hydrogens is 176 g/mol. The third-order valence-corrected chi connectivity index (χ3v) is 3.20. The fraction of sp³-hybridized carbons (Fsp3) is 0.909. The first-order valence-corrected chi connectivity index (χ1v) is 5.70. The first-order valence-electron chi connectivity index (χ1n) is 5.70. The van der Waals surface area contributed by atoms with Crippen molar-refractivity contribution in [2.75, 3.05) is 13.6 Å². The molecule has 1 N–H and O–H groups in total. The maximum absolute atomic E-state index is 12.0. The molecule has 0 aromatic carbocycles. The smallest absolute Gasteiger partial charge is 0.239 e. The molecule has 0 unspecified atom stereocenters. The largest absolute Gasteiger partial charge is 0.341 e. The van der Waals surface area contributed by atoms with Crippen molar-refractivity contribution in [2.24, 2.45) is 0 Å². The third-order valence-electron chi connectivity index (χ3n) is 3.20. The molecule has 3 heteroatoms. The molecule has 1 heterocycles. The second-order valence-electron chi connectivity index (χ2n) is 4.07. The Kier molecular flexibility index (Phi) is 4.39. The Labute approximate surface area is 86.9 Å². The van der Waals surface area contributed by atoms with E-state index in [1.807, 2.05) is 11.9 Å². The zero-order chi connectivity index (χ0) is 10.6. The normalized spacial score (nSPS) is 21.6. The van der Waals surface area contributed by atoms with Crippen LogP contribution in [0.15, 0.2) is 0 Å². The monoisotopic (exact) mass is 198 g/mol. The van der Waals surface area contributed by atoms with Crippen LogP contribution in [-0.2, 0) is 4.79 Å². The van der Waals surface area contributed by atoms with Gasteiger partial charge in [0.25, 0.3) is 0 Å². The summed E-state index contributed by atoms with van der Waals surface area (Å²) in [6.45, 7) is 5.27. The minimum absolute atomic E-state index is 0.0839. The van der Waals surface area contributed by atoms with Gasteiger partial charge in [-0.3, -0.25) is 4.79 Å². The Balaban J connectivity index is 2.49. The molecule has 1 saturated heterocycles. The fourth-order valence-corrected chi connectivity index (χ4v) is 2.16. The summed E-state index contributed by atoms with van der Waals surface area (Å²) in [5, 5.41) is 3.25. The van der Waals surface area contributed by atoms with Crippen LogP contribution in [0.1, 0.15) is 39.5 Å². The first kappa shape index (κ1) is 11.5. The van der Waals surface area contributed by atoms with E-state index < -0.39 is 0 Å². The van der Waals surface area contributed by atoms with Crippen LogP contribution in [0.5, 0.6) is 0 Å². The summed E-state index contributed by atoms with van der Waals surface area (Å²) in [5.41, 5.74) is 0. The van der Waals surface area contributed by atoms with Gasteiger partial charge in [-0.05, 0) is 32.2 Å². The van der Waals surface area contributed by atoms with Crippen molar-refractivity contribution < 1.29 is 4.79 Å². The quantitative estimate of drug-likeness (QED) is 0.740. The van der Waals surface area contributed by atoms with Crippen LogP contribution in [0.3, 0.4) is 0 Å². The minimum atomic E-state index is 0.0839. The molecular formula is C11H22N2O. The summed E-state index contributed by atoms with van der Waals surface area (Å²) in [5.74, 6) is 0.274. The van der Waals surface area contributed by atoms with Crippen LogP contribution in [0, 0.1) is 0 Å². The van der Waals surface area contributed by atoms with Crippen molar-refractivity contribution in [3.63, 3.8) is 0 Å². The predicted octanol–water partition coefficient (Wildman–Crippen LogP) is 1.39. The second-order valence-corrected chi connectivity index (χ2v) is 4.07. The summed E-state index contributed by atoms with van der Waals surface area (Å²) in [6.07, 6.45) is 4.23. The molecule has 1 aliphatic heterocycles. The number of rotatable bonds is 4. The summed E-state index contributed by atoms with van der Waals surface area (Å²) in [6, 6.07) is 0.491. The number of nitrogens with one attached hydrogen (secondary N) is 1. The van der Waals surface area contributed by atoms with Crippen molar-refractivity contribution in [2.45, 2.75) is 51.6 Å². The van der Waals surface area contributed by atoms with Crippen LogP contribution in [0.4, 0.5) is 0 Å². The zero-order valence-electron chi connectivity index (χ0n) is 9.55. The Morgan fingerprint density at radius 3 is 2.57 bits per heavy atom. The third kappa shape index (κ3) is 2.47. The standard InChI is InChI=1S/C11H22N2O/c1-4-9(5-2)13(3)11(14)10-7-6-8-12-10/h9-10,12H,4-8H2,1-3H3/t10-/m1/s1. The van der Waals surface area contributed by atoms with Gasteiger partial charge in [0, 0.05) is 13.1 Å². The molecule has 82 valence electrons. The predicted molar refractivity (Wildman–Crippen MR) is 58.2 cm³/mol. The molecule has 0 saturated carbocycles. The van der Waals surface area contributed by atoms with Gasteiger partial charge in [-0.15, -0.1) is 0 Å². The van der Waals surface area contributed by atoms with Crippen LogP contribution in [0.2, 0.25) is 0 Å². The topological polar surface area (TPSA) is 32.3 Å². The molecule has 0 aromatic rings. The van der Waals surface area contributed by atoms with E-state index in [0.717, 1.165) is 32.2 Å². The van der Waals surface area contributed by atoms with Crippen molar-refractivity contribution in [1.29, 1.82) is 0 Å². The number of hydrogen-bond donors (Lipinski definition) is 1. The molecule has 0 radical (unpaired) electrons. The molecule has 0 spiro atoms. The Morgan fingerprint density at radius 2 is 2.14 bits per heavy atom. The van der Waals surface area contributed by atoms with Gasteiger partial charge < -0.3 is 10.2 Å². The van der Waals surface area contributed by atoms with Gasteiger partial charge in [-0.25, -0.2) is 0 Å². The minimum Gasteiger partial charge on any atom is -0.341 e. The van der Waals surface area contributed by atoms with Gasteiger partial charge in [0.1, 0.15) is 0 Å². The highest BCUT2D eigenvalue weighted by molar-refractivity contribution is 5.82. The zero-order valence-corrected chi connectivity index (χ0v) is 9.55. The Hall–Kier alpha value is -0.570. The van der Waals surface area contributed by atoms with E-state index in [1.54, 1.807) is 0 Å². The highest BCUT2D eigenvalue weighted by Crippen LogP contribution is 2.12. The van der Waals surface area contributed by atoms with Crippen molar-refractivity contribution in [1.82, 2.24) is 10.2 Å². The number of amides is 1. The van der Waals surface area contributed by atoms with Crippen LogP contribution in [0.25, 0.3) is 0 Å². The molecule has 3 nitrogen and oxygen atoms in total.